The maximum atomic E-state index is 4.64. The molecule has 1 rings (SSSR count). The Morgan fingerprint density at radius 3 is 2.43 bits per heavy atom. The van der Waals surface area contributed by atoms with E-state index in [1.54, 1.807) is 11.3 Å². The molecule has 0 bridgehead atoms. The summed E-state index contributed by atoms with van der Waals surface area (Å²) in [6, 6.07) is 0. The normalized spacial score (nSPS) is 11.7. The number of thiazole rings is 1. The van der Waals surface area contributed by atoms with Gasteiger partial charge in [0.1, 0.15) is 0 Å². The number of aliphatic imine (C=N–C) groups is 1. The first-order chi connectivity index (χ1) is 9.52. The Morgan fingerprint density at radius 1 is 1.24 bits per heavy atom. The summed E-state index contributed by atoms with van der Waals surface area (Å²) in [6.45, 7) is 10.6. The van der Waals surface area contributed by atoms with Crippen LogP contribution in [0.5, 0.6) is 0 Å². The lowest BCUT2D eigenvalue weighted by molar-refractivity contribution is 0.573. The molecule has 122 valence electrons. The highest BCUT2D eigenvalue weighted by atomic mass is 127. The van der Waals surface area contributed by atoms with E-state index in [2.05, 4.69) is 53.7 Å². The first-order valence-corrected chi connectivity index (χ1v) is 8.29. The van der Waals surface area contributed by atoms with Crippen molar-refractivity contribution in [1.82, 2.24) is 15.6 Å². The molecule has 0 unspecified atom stereocenters. The van der Waals surface area contributed by atoms with Gasteiger partial charge in [0.05, 0.1) is 10.7 Å². The summed E-state index contributed by atoms with van der Waals surface area (Å²) in [6.07, 6.45) is 2.10. The van der Waals surface area contributed by atoms with Crippen LogP contribution >= 0.6 is 35.3 Å². The van der Waals surface area contributed by atoms with Gasteiger partial charge in [0.25, 0.3) is 0 Å². The third-order valence-electron chi connectivity index (χ3n) is 2.97. The fourth-order valence-corrected chi connectivity index (χ4v) is 2.58. The number of nitrogens with one attached hydrogen (secondary N) is 2. The Bertz CT molecular complexity index is 416. The van der Waals surface area contributed by atoms with Gasteiger partial charge in [-0.1, -0.05) is 27.7 Å². The Morgan fingerprint density at radius 2 is 1.90 bits per heavy atom. The van der Waals surface area contributed by atoms with Gasteiger partial charge in [-0.3, -0.25) is 4.99 Å². The standard InChI is InChI=1S/C15H28N4S.HI/c1-11(2)6-8-17-15(16-5)18-9-7-13-10-20-14(19-13)12(3)4;/h10-12H,6-9H2,1-5H3,(H2,16,17,18);1H. The predicted octanol–water partition coefficient (Wildman–Crippen LogP) is 3.64. The van der Waals surface area contributed by atoms with E-state index in [1.165, 1.54) is 10.7 Å². The molecule has 0 aliphatic carbocycles. The van der Waals surface area contributed by atoms with Crippen LogP contribution in [0.2, 0.25) is 0 Å². The van der Waals surface area contributed by atoms with E-state index in [4.69, 9.17) is 0 Å². The zero-order valence-corrected chi connectivity index (χ0v) is 16.9. The summed E-state index contributed by atoms with van der Waals surface area (Å²) in [5.74, 6) is 2.11. The van der Waals surface area contributed by atoms with Gasteiger partial charge in [-0.05, 0) is 12.3 Å². The molecule has 0 aliphatic rings. The van der Waals surface area contributed by atoms with Gasteiger partial charge in [0.15, 0.2) is 5.96 Å². The van der Waals surface area contributed by atoms with Crippen molar-refractivity contribution in [2.24, 2.45) is 10.9 Å². The molecule has 0 spiro atoms. The number of hydrogen-bond donors (Lipinski definition) is 2. The summed E-state index contributed by atoms with van der Waals surface area (Å²) in [5, 5.41) is 10.0. The molecule has 21 heavy (non-hydrogen) atoms. The SMILES string of the molecule is CN=C(NCCc1csc(C(C)C)n1)NCCC(C)C.I. The van der Waals surface area contributed by atoms with E-state index in [9.17, 15) is 0 Å². The van der Waals surface area contributed by atoms with Crippen molar-refractivity contribution in [2.45, 2.75) is 46.5 Å². The van der Waals surface area contributed by atoms with Crippen molar-refractivity contribution in [2.75, 3.05) is 20.1 Å². The first-order valence-electron chi connectivity index (χ1n) is 7.41. The summed E-state index contributed by atoms with van der Waals surface area (Å²) in [5.41, 5.74) is 1.17. The van der Waals surface area contributed by atoms with Crippen LogP contribution in [-0.2, 0) is 6.42 Å². The maximum absolute atomic E-state index is 4.64. The molecule has 0 atom stereocenters. The Kier molecular flexibility index (Phi) is 11.0. The molecule has 4 nitrogen and oxygen atoms in total. The zero-order chi connectivity index (χ0) is 15.0. The van der Waals surface area contributed by atoms with E-state index < -0.39 is 0 Å². The average molecular weight is 424 g/mol. The quantitative estimate of drug-likeness (QED) is 0.399. The van der Waals surface area contributed by atoms with Gasteiger partial charge in [-0.2, -0.15) is 0 Å². The highest BCUT2D eigenvalue weighted by Gasteiger charge is 2.06. The Hall–Kier alpha value is -0.370. The van der Waals surface area contributed by atoms with Crippen molar-refractivity contribution in [1.29, 1.82) is 0 Å². The van der Waals surface area contributed by atoms with Crippen LogP contribution in [0, 0.1) is 5.92 Å². The molecule has 1 aromatic rings. The first kappa shape index (κ1) is 20.6. The average Bonchev–Trinajstić information content (AvgIpc) is 2.85. The molecule has 6 heteroatoms. The van der Waals surface area contributed by atoms with E-state index in [0.29, 0.717) is 11.8 Å². The van der Waals surface area contributed by atoms with E-state index in [1.807, 2.05) is 7.05 Å². The lowest BCUT2D eigenvalue weighted by Gasteiger charge is -2.12. The second kappa shape index (κ2) is 11.2. The lowest BCUT2D eigenvalue weighted by Crippen LogP contribution is -2.39. The topological polar surface area (TPSA) is 49.3 Å². The van der Waals surface area contributed by atoms with E-state index in [-0.39, 0.29) is 24.0 Å². The zero-order valence-electron chi connectivity index (χ0n) is 13.8. The van der Waals surface area contributed by atoms with Crippen molar-refractivity contribution >= 4 is 41.3 Å². The highest BCUT2D eigenvalue weighted by molar-refractivity contribution is 14.0. The summed E-state index contributed by atoms with van der Waals surface area (Å²) >= 11 is 1.75. The molecule has 0 radical (unpaired) electrons. The minimum absolute atomic E-state index is 0. The number of aromatic nitrogens is 1. The minimum atomic E-state index is 0. The number of guanidine groups is 1. The van der Waals surface area contributed by atoms with Crippen molar-refractivity contribution in [3.05, 3.63) is 16.1 Å². The number of rotatable bonds is 7. The molecule has 0 saturated carbocycles. The Balaban J connectivity index is 0.00000400. The monoisotopic (exact) mass is 424 g/mol. The van der Waals surface area contributed by atoms with Gasteiger partial charge in [-0.15, -0.1) is 35.3 Å². The van der Waals surface area contributed by atoms with E-state index in [0.717, 1.165) is 31.9 Å². The molecule has 0 aromatic carbocycles. The third kappa shape index (κ3) is 8.60. The predicted molar refractivity (Wildman–Crippen MR) is 104 cm³/mol. The second-order valence-corrected chi connectivity index (χ2v) is 6.58. The summed E-state index contributed by atoms with van der Waals surface area (Å²) in [4.78, 5) is 8.86. The maximum Gasteiger partial charge on any atom is 0.190 e. The van der Waals surface area contributed by atoms with Gasteiger partial charge in [-0.25, -0.2) is 4.98 Å². The van der Waals surface area contributed by atoms with Gasteiger partial charge >= 0.3 is 0 Å². The molecule has 0 amide bonds. The molecule has 0 saturated heterocycles. The van der Waals surface area contributed by atoms with Crippen molar-refractivity contribution < 1.29 is 0 Å². The van der Waals surface area contributed by atoms with Crippen LogP contribution < -0.4 is 10.6 Å². The summed E-state index contributed by atoms with van der Waals surface area (Å²) < 4.78 is 0. The number of hydrogen-bond acceptors (Lipinski definition) is 3. The minimum Gasteiger partial charge on any atom is -0.356 e. The van der Waals surface area contributed by atoms with Crippen molar-refractivity contribution in [3.8, 4) is 0 Å². The smallest absolute Gasteiger partial charge is 0.190 e. The molecule has 2 N–H and O–H groups in total. The molecular formula is C15H29IN4S. The lowest BCUT2D eigenvalue weighted by atomic mass is 10.1. The molecule has 0 aliphatic heterocycles. The fraction of sp³-hybridized carbons (Fsp3) is 0.733. The molecule has 1 heterocycles. The van der Waals surface area contributed by atoms with Crippen molar-refractivity contribution in [3.63, 3.8) is 0 Å². The van der Waals surface area contributed by atoms with Crippen LogP contribution in [0.1, 0.15) is 50.7 Å². The van der Waals surface area contributed by atoms with Gasteiger partial charge in [0.2, 0.25) is 0 Å². The fourth-order valence-electron chi connectivity index (χ4n) is 1.71. The summed E-state index contributed by atoms with van der Waals surface area (Å²) in [7, 11) is 1.81. The van der Waals surface area contributed by atoms with Crippen LogP contribution in [-0.4, -0.2) is 31.1 Å². The molecule has 1 aromatic heterocycles. The molecular weight excluding hydrogens is 395 g/mol. The Labute approximate surface area is 150 Å². The second-order valence-electron chi connectivity index (χ2n) is 5.69. The van der Waals surface area contributed by atoms with Gasteiger partial charge in [0, 0.05) is 37.9 Å². The third-order valence-corrected chi connectivity index (χ3v) is 4.17. The van der Waals surface area contributed by atoms with E-state index >= 15 is 0 Å². The molecule has 0 fully saturated rings. The van der Waals surface area contributed by atoms with Crippen LogP contribution in [0.15, 0.2) is 10.4 Å². The number of halogens is 1. The van der Waals surface area contributed by atoms with Crippen LogP contribution in [0.3, 0.4) is 0 Å². The van der Waals surface area contributed by atoms with Crippen LogP contribution in [0.4, 0.5) is 0 Å². The van der Waals surface area contributed by atoms with Gasteiger partial charge < -0.3 is 10.6 Å². The highest BCUT2D eigenvalue weighted by Crippen LogP contribution is 2.19. The van der Waals surface area contributed by atoms with Crippen LogP contribution in [0.25, 0.3) is 0 Å². The number of nitrogens with zero attached hydrogens (tertiary/aromatic N) is 2. The largest absolute Gasteiger partial charge is 0.356 e.